The summed E-state index contributed by atoms with van der Waals surface area (Å²) in [5.41, 5.74) is 2.24. The first-order chi connectivity index (χ1) is 12.0. The van der Waals surface area contributed by atoms with Gasteiger partial charge in [0.25, 0.3) is 0 Å². The van der Waals surface area contributed by atoms with Crippen molar-refractivity contribution in [1.29, 1.82) is 0 Å². The Morgan fingerprint density at radius 1 is 1.24 bits per heavy atom. The maximum absolute atomic E-state index is 12.7. The summed E-state index contributed by atoms with van der Waals surface area (Å²) in [7, 11) is 0. The summed E-state index contributed by atoms with van der Waals surface area (Å²) in [4.78, 5) is 27.5. The van der Waals surface area contributed by atoms with Crippen molar-refractivity contribution in [3.63, 3.8) is 0 Å². The number of benzene rings is 1. The fraction of sp³-hybridized carbons (Fsp3) is 0.556. The number of nitrogens with one attached hydrogen (secondary N) is 1. The molecule has 1 aromatic rings. The minimum atomic E-state index is -0.837. The molecule has 2 aliphatic rings. The van der Waals surface area contributed by atoms with Gasteiger partial charge in [-0.05, 0) is 18.1 Å². The number of hydrogen-bond donors (Lipinski definition) is 2. The van der Waals surface area contributed by atoms with Crippen LogP contribution in [0.2, 0.25) is 0 Å². The zero-order chi connectivity index (χ0) is 17.8. The molecule has 2 aliphatic heterocycles. The lowest BCUT2D eigenvalue weighted by molar-refractivity contribution is -0.138. The highest BCUT2D eigenvalue weighted by Gasteiger charge is 2.36. The number of amides is 2. The molecule has 0 aromatic heterocycles. The summed E-state index contributed by atoms with van der Waals surface area (Å²) < 4.78 is 5.68. The van der Waals surface area contributed by atoms with E-state index in [-0.39, 0.29) is 24.5 Å². The third-order valence-corrected chi connectivity index (χ3v) is 4.86. The van der Waals surface area contributed by atoms with Gasteiger partial charge in [-0.15, -0.1) is 0 Å². The Morgan fingerprint density at radius 2 is 2.04 bits per heavy atom. The van der Waals surface area contributed by atoms with E-state index < -0.39 is 5.97 Å². The molecule has 1 aromatic carbocycles. The second kappa shape index (κ2) is 7.84. The number of ether oxygens (including phenoxy) is 1. The monoisotopic (exact) mass is 347 g/mol. The fourth-order valence-corrected chi connectivity index (χ4v) is 3.59. The van der Waals surface area contributed by atoms with E-state index in [1.54, 1.807) is 0 Å². The van der Waals surface area contributed by atoms with Gasteiger partial charge >= 0.3 is 12.0 Å². The summed E-state index contributed by atoms with van der Waals surface area (Å²) in [6.07, 6.45) is 0. The van der Waals surface area contributed by atoms with Gasteiger partial charge in [0.15, 0.2) is 0 Å². The molecule has 0 aliphatic carbocycles. The van der Waals surface area contributed by atoms with E-state index in [4.69, 9.17) is 9.84 Å². The topological polar surface area (TPSA) is 82.1 Å². The number of carboxylic acids is 1. The standard InChI is InChI=1S/C18H25N3O4/c1-13-4-2-3-5-15(13)6-19-18(24)21-8-14-7-20(10-17(22)23)9-16(21)12-25-11-14/h2-5,14,16H,6-12H2,1H3,(H,19,24)(H,22,23)/t14-,16-/m0/s1. The number of carbonyl (C=O) groups excluding carboxylic acids is 1. The van der Waals surface area contributed by atoms with E-state index in [1.165, 1.54) is 0 Å². The van der Waals surface area contributed by atoms with Crippen molar-refractivity contribution >= 4 is 12.0 Å². The second-order valence-electron chi connectivity index (χ2n) is 6.88. The van der Waals surface area contributed by atoms with Gasteiger partial charge < -0.3 is 20.1 Å². The molecule has 0 radical (unpaired) electrons. The first-order valence-corrected chi connectivity index (χ1v) is 8.64. The smallest absolute Gasteiger partial charge is 0.318 e. The lowest BCUT2D eigenvalue weighted by atomic mass is 10.1. The molecule has 2 heterocycles. The first kappa shape index (κ1) is 17.7. The van der Waals surface area contributed by atoms with Crippen LogP contribution >= 0.6 is 0 Å². The van der Waals surface area contributed by atoms with Crippen molar-refractivity contribution in [2.75, 3.05) is 39.4 Å². The van der Waals surface area contributed by atoms with Gasteiger partial charge in [0.2, 0.25) is 0 Å². The molecule has 2 atom stereocenters. The van der Waals surface area contributed by atoms with Crippen LogP contribution in [0.5, 0.6) is 0 Å². The second-order valence-corrected chi connectivity index (χ2v) is 6.88. The predicted molar refractivity (Wildman–Crippen MR) is 92.3 cm³/mol. The van der Waals surface area contributed by atoms with E-state index in [0.717, 1.165) is 11.1 Å². The van der Waals surface area contributed by atoms with Crippen LogP contribution in [0.4, 0.5) is 4.79 Å². The van der Waals surface area contributed by atoms with Crippen LogP contribution < -0.4 is 5.32 Å². The number of aliphatic carboxylic acids is 1. The van der Waals surface area contributed by atoms with Gasteiger partial charge in [-0.25, -0.2) is 4.79 Å². The van der Waals surface area contributed by atoms with E-state index in [2.05, 4.69) is 5.32 Å². The van der Waals surface area contributed by atoms with Gasteiger partial charge in [-0.2, -0.15) is 0 Å². The maximum atomic E-state index is 12.7. The van der Waals surface area contributed by atoms with Crippen LogP contribution in [0.1, 0.15) is 11.1 Å². The van der Waals surface area contributed by atoms with Crippen molar-refractivity contribution in [2.45, 2.75) is 19.5 Å². The molecule has 2 bridgehead atoms. The van der Waals surface area contributed by atoms with E-state index in [1.807, 2.05) is 41.0 Å². The zero-order valence-electron chi connectivity index (χ0n) is 14.5. The summed E-state index contributed by atoms with van der Waals surface area (Å²) in [6, 6.07) is 7.74. The third-order valence-electron chi connectivity index (χ3n) is 4.86. The highest BCUT2D eigenvalue weighted by molar-refractivity contribution is 5.75. The van der Waals surface area contributed by atoms with Crippen molar-refractivity contribution < 1.29 is 19.4 Å². The summed E-state index contributed by atoms with van der Waals surface area (Å²) in [5, 5.41) is 12.1. The minimum absolute atomic E-state index is 0.00562. The Morgan fingerprint density at radius 3 is 2.80 bits per heavy atom. The summed E-state index contributed by atoms with van der Waals surface area (Å²) in [5.74, 6) is -0.701. The van der Waals surface area contributed by atoms with Crippen molar-refractivity contribution in [3.8, 4) is 0 Å². The largest absolute Gasteiger partial charge is 0.480 e. The van der Waals surface area contributed by atoms with Crippen LogP contribution in [0.3, 0.4) is 0 Å². The summed E-state index contributed by atoms with van der Waals surface area (Å²) in [6.45, 7) is 5.30. The van der Waals surface area contributed by atoms with Crippen LogP contribution in [0, 0.1) is 12.8 Å². The van der Waals surface area contributed by atoms with Gasteiger partial charge in [0.05, 0.1) is 25.8 Å². The van der Waals surface area contributed by atoms with Crippen LogP contribution in [-0.4, -0.2) is 72.3 Å². The molecular weight excluding hydrogens is 322 g/mol. The molecule has 0 spiro atoms. The molecule has 2 N–H and O–H groups in total. The molecule has 7 nitrogen and oxygen atoms in total. The molecule has 136 valence electrons. The minimum Gasteiger partial charge on any atom is -0.480 e. The van der Waals surface area contributed by atoms with E-state index in [9.17, 15) is 9.59 Å². The van der Waals surface area contributed by atoms with E-state index >= 15 is 0 Å². The molecule has 2 saturated heterocycles. The highest BCUT2D eigenvalue weighted by atomic mass is 16.5. The normalized spacial score (nSPS) is 23.8. The Hall–Kier alpha value is -2.12. The number of carbonyl (C=O) groups is 2. The molecular formula is C18H25N3O4. The zero-order valence-corrected chi connectivity index (χ0v) is 14.5. The van der Waals surface area contributed by atoms with Gasteiger partial charge in [-0.3, -0.25) is 9.69 Å². The number of urea groups is 1. The number of aryl methyl sites for hydroxylation is 1. The Kier molecular flexibility index (Phi) is 5.55. The SMILES string of the molecule is Cc1ccccc1CNC(=O)N1C[C@H]2COC[C@@H]1CN(CC(=O)O)C2. The maximum Gasteiger partial charge on any atom is 0.318 e. The average Bonchev–Trinajstić information content (AvgIpc) is 2.84. The molecule has 2 fully saturated rings. The Balaban J connectivity index is 1.65. The Bertz CT molecular complexity index is 637. The molecule has 7 heteroatoms. The summed E-state index contributed by atoms with van der Waals surface area (Å²) >= 11 is 0. The predicted octanol–water partition coefficient (Wildman–Crippen LogP) is 0.922. The quantitative estimate of drug-likeness (QED) is 0.846. The molecule has 2 amide bonds. The van der Waals surface area contributed by atoms with Gasteiger partial charge in [-0.1, -0.05) is 24.3 Å². The van der Waals surface area contributed by atoms with Crippen molar-refractivity contribution in [3.05, 3.63) is 35.4 Å². The van der Waals surface area contributed by atoms with E-state index in [0.29, 0.717) is 39.4 Å². The molecule has 25 heavy (non-hydrogen) atoms. The number of carboxylic acid groups (broad SMARTS) is 1. The lowest BCUT2D eigenvalue weighted by Crippen LogP contribution is -2.50. The molecule has 0 saturated carbocycles. The fourth-order valence-electron chi connectivity index (χ4n) is 3.59. The Labute approximate surface area is 147 Å². The number of rotatable bonds is 4. The number of hydrogen-bond acceptors (Lipinski definition) is 4. The highest BCUT2D eigenvalue weighted by Crippen LogP contribution is 2.20. The third kappa shape index (κ3) is 4.49. The van der Waals surface area contributed by atoms with Gasteiger partial charge in [0.1, 0.15) is 0 Å². The van der Waals surface area contributed by atoms with Gasteiger partial charge in [0, 0.05) is 32.1 Å². The van der Waals surface area contributed by atoms with Crippen LogP contribution in [0.25, 0.3) is 0 Å². The number of fused-ring (bicyclic) bond motifs is 3. The van der Waals surface area contributed by atoms with Crippen molar-refractivity contribution in [2.24, 2.45) is 5.92 Å². The lowest BCUT2D eigenvalue weighted by Gasteiger charge is -2.30. The average molecular weight is 347 g/mol. The molecule has 0 unspecified atom stereocenters. The first-order valence-electron chi connectivity index (χ1n) is 8.64. The molecule has 3 rings (SSSR count). The van der Waals surface area contributed by atoms with Crippen LogP contribution in [-0.2, 0) is 16.1 Å². The number of nitrogens with zero attached hydrogens (tertiary/aromatic N) is 2. The van der Waals surface area contributed by atoms with Crippen molar-refractivity contribution in [1.82, 2.24) is 15.1 Å². The van der Waals surface area contributed by atoms with Crippen LogP contribution in [0.15, 0.2) is 24.3 Å².